The lowest BCUT2D eigenvalue weighted by molar-refractivity contribution is -0.151. The molecule has 0 saturated heterocycles. The second-order valence-electron chi connectivity index (χ2n) is 9.29. The van der Waals surface area contributed by atoms with E-state index in [-0.39, 0.29) is 29.6 Å². The van der Waals surface area contributed by atoms with E-state index in [1.807, 2.05) is 0 Å². The van der Waals surface area contributed by atoms with Gasteiger partial charge in [-0.2, -0.15) is 4.68 Å². The van der Waals surface area contributed by atoms with Crippen molar-refractivity contribution in [2.45, 2.75) is 84.8 Å². The predicted molar refractivity (Wildman–Crippen MR) is 110 cm³/mol. The van der Waals surface area contributed by atoms with Gasteiger partial charge in [-0.3, -0.25) is 9.59 Å². The number of aryl methyl sites for hydroxylation is 1. The van der Waals surface area contributed by atoms with Crippen molar-refractivity contribution in [3.63, 3.8) is 0 Å². The zero-order valence-electron chi connectivity index (χ0n) is 17.0. The number of fused-ring (bicyclic) bond motifs is 3. The van der Waals surface area contributed by atoms with Gasteiger partial charge in [-0.1, -0.05) is 32.4 Å². The lowest BCUT2D eigenvalue weighted by atomic mass is 9.72. The fraction of sp³-hybridized carbons (Fsp3) is 0.714. The van der Waals surface area contributed by atoms with Crippen molar-refractivity contribution in [2.75, 3.05) is 0 Å². The smallest absolute Gasteiger partial charge is 0.328 e. The summed E-state index contributed by atoms with van der Waals surface area (Å²) in [5.41, 5.74) is 1.16. The first-order chi connectivity index (χ1) is 13.3. The van der Waals surface area contributed by atoms with Crippen LogP contribution in [0.3, 0.4) is 0 Å². The first-order valence-corrected chi connectivity index (χ1v) is 11.2. The van der Waals surface area contributed by atoms with Gasteiger partial charge in [0.2, 0.25) is 0 Å². The Kier molecular flexibility index (Phi) is 5.29. The number of rotatable bonds is 3. The standard InChI is InChI=1S/C21H29N3O3S/c1-21(2,3)13-9-10-15-16(11-13)28-19-18(15)20(26)24(23-22-19)12-17(25)27-14-7-5-4-6-8-14/h13-14H,4-12H2,1-3H3. The number of hydrogen-bond donors (Lipinski definition) is 0. The maximum atomic E-state index is 13.0. The van der Waals surface area contributed by atoms with Crippen molar-refractivity contribution in [3.05, 3.63) is 20.8 Å². The minimum absolute atomic E-state index is 0.0168. The summed E-state index contributed by atoms with van der Waals surface area (Å²) in [6.45, 7) is 6.68. The molecule has 7 heteroatoms. The number of carbonyl (C=O) groups is 1. The lowest BCUT2D eigenvalue weighted by Crippen LogP contribution is -2.31. The van der Waals surface area contributed by atoms with E-state index in [2.05, 4.69) is 31.1 Å². The van der Waals surface area contributed by atoms with Crippen LogP contribution in [0.4, 0.5) is 0 Å². The Bertz CT molecular complexity index is 935. The molecule has 0 radical (unpaired) electrons. The molecule has 0 aromatic carbocycles. The number of hydrogen-bond acceptors (Lipinski definition) is 6. The Balaban J connectivity index is 1.56. The topological polar surface area (TPSA) is 74.1 Å². The van der Waals surface area contributed by atoms with Gasteiger partial charge >= 0.3 is 5.97 Å². The maximum Gasteiger partial charge on any atom is 0.328 e. The zero-order chi connectivity index (χ0) is 19.9. The van der Waals surface area contributed by atoms with E-state index in [0.29, 0.717) is 16.1 Å². The number of aromatic nitrogens is 3. The fourth-order valence-electron chi connectivity index (χ4n) is 4.50. The number of nitrogens with zero attached hydrogens (tertiary/aromatic N) is 3. The molecular weight excluding hydrogens is 374 g/mol. The molecule has 0 spiro atoms. The first kappa shape index (κ1) is 19.6. The molecule has 2 aromatic heterocycles. The molecule has 0 bridgehead atoms. The Morgan fingerprint density at radius 1 is 1.21 bits per heavy atom. The highest BCUT2D eigenvalue weighted by molar-refractivity contribution is 7.18. The Hall–Kier alpha value is -1.76. The van der Waals surface area contributed by atoms with Crippen LogP contribution in [-0.4, -0.2) is 27.1 Å². The molecular formula is C21H29N3O3S. The van der Waals surface area contributed by atoms with Crippen LogP contribution < -0.4 is 5.56 Å². The third-order valence-electron chi connectivity index (χ3n) is 6.29. The van der Waals surface area contributed by atoms with Crippen molar-refractivity contribution >= 4 is 27.5 Å². The summed E-state index contributed by atoms with van der Waals surface area (Å²) in [5.74, 6) is 0.216. The molecule has 28 heavy (non-hydrogen) atoms. The molecule has 0 aliphatic heterocycles. The molecule has 0 amide bonds. The summed E-state index contributed by atoms with van der Waals surface area (Å²) >= 11 is 1.59. The minimum atomic E-state index is -0.389. The largest absolute Gasteiger partial charge is 0.461 e. The van der Waals surface area contributed by atoms with Crippen LogP contribution in [-0.2, 0) is 28.9 Å². The highest BCUT2D eigenvalue weighted by Crippen LogP contribution is 2.41. The number of ether oxygens (including phenoxy) is 1. The van der Waals surface area contributed by atoms with Crippen molar-refractivity contribution in [1.29, 1.82) is 0 Å². The van der Waals surface area contributed by atoms with Gasteiger partial charge in [0.05, 0.1) is 5.39 Å². The van der Waals surface area contributed by atoms with Gasteiger partial charge in [0.25, 0.3) is 5.56 Å². The van der Waals surface area contributed by atoms with Crippen LogP contribution >= 0.6 is 11.3 Å². The van der Waals surface area contributed by atoms with Gasteiger partial charge in [0.1, 0.15) is 12.6 Å². The van der Waals surface area contributed by atoms with Crippen molar-refractivity contribution < 1.29 is 9.53 Å². The van der Waals surface area contributed by atoms with E-state index in [4.69, 9.17) is 4.74 Å². The van der Waals surface area contributed by atoms with Gasteiger partial charge < -0.3 is 4.74 Å². The molecule has 2 aliphatic rings. The van der Waals surface area contributed by atoms with E-state index in [0.717, 1.165) is 50.5 Å². The van der Waals surface area contributed by atoms with Crippen LogP contribution in [0, 0.1) is 11.3 Å². The Morgan fingerprint density at radius 2 is 1.96 bits per heavy atom. The molecule has 1 fully saturated rings. The number of carbonyl (C=O) groups excluding carboxylic acids is 1. The fourth-order valence-corrected chi connectivity index (χ4v) is 5.73. The second kappa shape index (κ2) is 7.58. The summed E-state index contributed by atoms with van der Waals surface area (Å²) in [6, 6.07) is 0. The molecule has 6 nitrogen and oxygen atoms in total. The summed E-state index contributed by atoms with van der Waals surface area (Å²) in [4.78, 5) is 27.3. The molecule has 152 valence electrons. The van der Waals surface area contributed by atoms with E-state index < -0.39 is 0 Å². The molecule has 2 aliphatic carbocycles. The monoisotopic (exact) mass is 403 g/mol. The first-order valence-electron chi connectivity index (χ1n) is 10.4. The molecule has 2 aromatic rings. The SMILES string of the molecule is CC(C)(C)C1CCc2c(sc3nnn(CC(=O)OC4CCCCC4)c(=O)c23)C1. The van der Waals surface area contributed by atoms with Crippen molar-refractivity contribution in [2.24, 2.45) is 11.3 Å². The Labute approximate surface area is 169 Å². The number of thiophene rings is 1. The number of esters is 1. The highest BCUT2D eigenvalue weighted by atomic mass is 32.1. The molecule has 2 heterocycles. The average molecular weight is 404 g/mol. The van der Waals surface area contributed by atoms with Crippen molar-refractivity contribution in [1.82, 2.24) is 15.0 Å². The van der Waals surface area contributed by atoms with E-state index in [1.165, 1.54) is 16.0 Å². The van der Waals surface area contributed by atoms with Gasteiger partial charge in [-0.25, -0.2) is 0 Å². The summed E-state index contributed by atoms with van der Waals surface area (Å²) in [5, 5.41) is 8.93. The van der Waals surface area contributed by atoms with Crippen LogP contribution in [0.1, 0.15) is 69.7 Å². The maximum absolute atomic E-state index is 13.0. The predicted octanol–water partition coefficient (Wildman–Crippen LogP) is 3.88. The van der Waals surface area contributed by atoms with Crippen LogP contribution in [0.25, 0.3) is 10.2 Å². The van der Waals surface area contributed by atoms with Gasteiger partial charge in [-0.15, -0.1) is 16.4 Å². The van der Waals surface area contributed by atoms with Gasteiger partial charge in [0, 0.05) is 4.88 Å². The molecule has 0 N–H and O–H groups in total. The summed E-state index contributed by atoms with van der Waals surface area (Å²) < 4.78 is 6.72. The van der Waals surface area contributed by atoms with Crippen molar-refractivity contribution in [3.8, 4) is 0 Å². The normalized spacial score (nSPS) is 20.9. The van der Waals surface area contributed by atoms with Crippen LogP contribution in [0.15, 0.2) is 4.79 Å². The summed E-state index contributed by atoms with van der Waals surface area (Å²) in [7, 11) is 0. The third-order valence-corrected chi connectivity index (χ3v) is 7.43. The van der Waals surface area contributed by atoms with Gasteiger partial charge in [-0.05, 0) is 61.8 Å². The van der Waals surface area contributed by atoms with E-state index in [9.17, 15) is 9.59 Å². The lowest BCUT2D eigenvalue weighted by Gasteiger charge is -2.33. The van der Waals surface area contributed by atoms with Crippen LogP contribution in [0.5, 0.6) is 0 Å². The summed E-state index contributed by atoms with van der Waals surface area (Å²) in [6.07, 6.45) is 8.17. The Morgan fingerprint density at radius 3 is 2.68 bits per heavy atom. The molecule has 1 atom stereocenters. The average Bonchev–Trinajstić information content (AvgIpc) is 3.02. The molecule has 1 unspecified atom stereocenters. The highest BCUT2D eigenvalue weighted by Gasteiger charge is 2.32. The molecule has 4 rings (SSSR count). The third kappa shape index (κ3) is 3.86. The quantitative estimate of drug-likeness (QED) is 0.727. The minimum Gasteiger partial charge on any atom is -0.461 e. The van der Waals surface area contributed by atoms with E-state index >= 15 is 0 Å². The van der Waals surface area contributed by atoms with Gasteiger partial charge in [0.15, 0.2) is 4.83 Å². The zero-order valence-corrected chi connectivity index (χ0v) is 17.8. The molecule has 1 saturated carbocycles. The van der Waals surface area contributed by atoms with Crippen LogP contribution in [0.2, 0.25) is 0 Å². The van der Waals surface area contributed by atoms with E-state index in [1.54, 1.807) is 11.3 Å². The second-order valence-corrected chi connectivity index (χ2v) is 10.4.